The van der Waals surface area contributed by atoms with Crippen molar-refractivity contribution in [2.24, 2.45) is 10.2 Å². The van der Waals surface area contributed by atoms with Gasteiger partial charge in [-0.1, -0.05) is 56.1 Å². The second-order valence-electron chi connectivity index (χ2n) is 8.01. The molecule has 0 aliphatic rings. The van der Waals surface area contributed by atoms with E-state index in [0.717, 1.165) is 11.3 Å². The van der Waals surface area contributed by atoms with Gasteiger partial charge in [0, 0.05) is 18.8 Å². The van der Waals surface area contributed by atoms with Crippen LogP contribution in [0.1, 0.15) is 21.0 Å². The van der Waals surface area contributed by atoms with Crippen LogP contribution in [0, 0.1) is 0 Å². The molecule has 0 spiro atoms. The van der Waals surface area contributed by atoms with Gasteiger partial charge in [-0.15, -0.1) is 0 Å². The average Bonchev–Trinajstić information content (AvgIpc) is 2.91. The Morgan fingerprint density at radius 1 is 0.833 bits per heavy atom. The van der Waals surface area contributed by atoms with E-state index in [4.69, 9.17) is 0 Å². The topological polar surface area (TPSA) is 114 Å². The Morgan fingerprint density at radius 3 is 2.03 bits per heavy atom. The van der Waals surface area contributed by atoms with Crippen molar-refractivity contribution in [1.82, 2.24) is 9.97 Å². The van der Waals surface area contributed by atoms with Crippen LogP contribution in [0.3, 0.4) is 0 Å². The molecule has 10 heteroatoms. The van der Waals surface area contributed by atoms with E-state index in [2.05, 4.69) is 52.1 Å². The molecule has 0 saturated carbocycles. The van der Waals surface area contributed by atoms with Crippen LogP contribution in [0.15, 0.2) is 87.8 Å². The van der Waals surface area contributed by atoms with Crippen LogP contribution in [-0.2, 0) is 0 Å². The molecule has 4 rings (SSSR count). The van der Waals surface area contributed by atoms with Gasteiger partial charge in [0.1, 0.15) is 5.82 Å². The van der Waals surface area contributed by atoms with Gasteiger partial charge in [0.15, 0.2) is 0 Å². The monoisotopic (exact) mass is 613 g/mol. The molecule has 0 bridgehead atoms. The predicted molar refractivity (Wildman–Crippen MR) is 149 cm³/mol. The summed E-state index contributed by atoms with van der Waals surface area (Å²) in [7, 11) is 0. The van der Waals surface area contributed by atoms with Crippen LogP contribution in [0.2, 0.25) is 0 Å². The first-order chi connectivity index (χ1) is 17.5. The molecular weight excluding hydrogens is 590 g/mol. The smallest absolute Gasteiger partial charge is 0.258 e. The molecule has 0 amide bonds. The molecule has 3 aromatic carbocycles. The first kappa shape index (κ1) is 26.2. The summed E-state index contributed by atoms with van der Waals surface area (Å²) in [5.41, 5.74) is 3.77. The molecule has 0 aliphatic heterocycles. The van der Waals surface area contributed by atoms with Crippen LogP contribution in [0.5, 0.6) is 0 Å². The van der Waals surface area contributed by atoms with Crippen molar-refractivity contribution in [1.29, 1.82) is 0 Å². The molecule has 1 aromatic heterocycles. The van der Waals surface area contributed by atoms with Crippen molar-refractivity contribution in [3.63, 3.8) is 0 Å². The lowest BCUT2D eigenvalue weighted by Gasteiger charge is -2.22. The van der Waals surface area contributed by atoms with Crippen molar-refractivity contribution in [3.8, 4) is 0 Å². The lowest BCUT2D eigenvalue weighted by molar-refractivity contribution is 0.281. The number of aromatic amines is 1. The van der Waals surface area contributed by atoms with Gasteiger partial charge in [-0.05, 0) is 54.1 Å². The number of azo groups is 1. The second-order valence-corrected chi connectivity index (χ2v) is 9.99. The number of rotatable bonds is 10. The third-order valence-corrected chi connectivity index (χ3v) is 8.33. The van der Waals surface area contributed by atoms with Gasteiger partial charge in [0.2, 0.25) is 0 Å². The maximum Gasteiger partial charge on any atom is 0.258 e. The largest absolute Gasteiger partial charge is 0.395 e. The fourth-order valence-corrected chi connectivity index (χ4v) is 4.80. The fourth-order valence-electron chi connectivity index (χ4n) is 3.72. The molecular formula is C26H25Br2N5O3. The first-order valence-electron chi connectivity index (χ1n) is 11.4. The van der Waals surface area contributed by atoms with Crippen molar-refractivity contribution < 1.29 is 10.2 Å². The van der Waals surface area contributed by atoms with E-state index < -0.39 is 0 Å². The van der Waals surface area contributed by atoms with E-state index in [1.54, 1.807) is 6.07 Å². The van der Waals surface area contributed by atoms with Crippen LogP contribution in [0.4, 0.5) is 17.1 Å². The second kappa shape index (κ2) is 12.4. The molecule has 8 nitrogen and oxygen atoms in total. The summed E-state index contributed by atoms with van der Waals surface area (Å²) < 4.78 is 0. The normalized spacial score (nSPS) is 13.2. The van der Waals surface area contributed by atoms with Gasteiger partial charge < -0.3 is 20.1 Å². The molecule has 3 N–H and O–H groups in total. The lowest BCUT2D eigenvalue weighted by atomic mass is 10.1. The van der Waals surface area contributed by atoms with Crippen LogP contribution < -0.4 is 10.5 Å². The van der Waals surface area contributed by atoms with Gasteiger partial charge in [-0.25, -0.2) is 4.98 Å². The van der Waals surface area contributed by atoms with E-state index in [1.165, 1.54) is 0 Å². The molecule has 1 heterocycles. The zero-order valence-electron chi connectivity index (χ0n) is 19.3. The number of aliphatic hydroxyl groups excluding tert-OH is 2. The summed E-state index contributed by atoms with van der Waals surface area (Å²) in [6.45, 7) is 0.924. The molecule has 2 atom stereocenters. The SMILES string of the molecule is O=c1[nH]c(C(Br)C(Br)c2ccc(N=Nc3ccc(N(CCO)CCO)cc3)cc2)nc2ccccc12. The fraction of sp³-hybridized carbons (Fsp3) is 0.231. The van der Waals surface area contributed by atoms with Crippen LogP contribution >= 0.6 is 31.9 Å². The van der Waals surface area contributed by atoms with E-state index in [9.17, 15) is 15.0 Å². The zero-order chi connectivity index (χ0) is 25.5. The lowest BCUT2D eigenvalue weighted by Crippen LogP contribution is -2.29. The minimum Gasteiger partial charge on any atom is -0.395 e. The number of hydrogen-bond acceptors (Lipinski definition) is 7. The Kier molecular flexibility index (Phi) is 8.98. The van der Waals surface area contributed by atoms with Gasteiger partial charge in [-0.3, -0.25) is 4.79 Å². The van der Waals surface area contributed by atoms with Gasteiger partial charge >= 0.3 is 0 Å². The average molecular weight is 615 g/mol. The molecule has 0 radical (unpaired) electrons. The Bertz CT molecular complexity index is 1370. The van der Waals surface area contributed by atoms with Gasteiger partial charge in [0.25, 0.3) is 5.56 Å². The molecule has 36 heavy (non-hydrogen) atoms. The van der Waals surface area contributed by atoms with Gasteiger partial charge in [0.05, 0.1) is 45.1 Å². The molecule has 4 aromatic rings. The van der Waals surface area contributed by atoms with Crippen molar-refractivity contribution in [2.75, 3.05) is 31.2 Å². The summed E-state index contributed by atoms with van der Waals surface area (Å²) in [5.74, 6) is 0.546. The summed E-state index contributed by atoms with van der Waals surface area (Å²) in [6, 6.07) is 22.4. The van der Waals surface area contributed by atoms with Crippen LogP contribution in [-0.4, -0.2) is 46.5 Å². The highest BCUT2D eigenvalue weighted by Crippen LogP contribution is 2.41. The highest BCUT2D eigenvalue weighted by molar-refractivity contribution is 9.12. The number of nitrogens with zero attached hydrogens (tertiary/aromatic N) is 4. The number of benzene rings is 3. The summed E-state index contributed by atoms with van der Waals surface area (Å²) >= 11 is 7.39. The van der Waals surface area contributed by atoms with Crippen molar-refractivity contribution in [2.45, 2.75) is 9.65 Å². The number of alkyl halides is 2. The maximum atomic E-state index is 12.4. The number of fused-ring (bicyclic) bond motifs is 1. The third-order valence-electron chi connectivity index (χ3n) is 5.60. The number of aliphatic hydroxyl groups is 2. The number of para-hydroxylation sites is 1. The number of nitrogens with one attached hydrogen (secondary N) is 1. The quantitative estimate of drug-likeness (QED) is 0.157. The number of halogens is 2. The molecule has 0 saturated heterocycles. The Morgan fingerprint density at radius 2 is 1.42 bits per heavy atom. The maximum absolute atomic E-state index is 12.4. The number of H-pyrrole nitrogens is 1. The number of hydrogen-bond donors (Lipinski definition) is 3. The Hall–Kier alpha value is -2.92. The highest BCUT2D eigenvalue weighted by Gasteiger charge is 2.22. The summed E-state index contributed by atoms with van der Waals surface area (Å²) in [4.78, 5) is 21.4. The van der Waals surface area contributed by atoms with E-state index in [-0.39, 0.29) is 28.4 Å². The standard InChI is InChI=1S/C26H25Br2N5O3/c27-23(24(28)25-29-22-4-2-1-3-21(22)26(36)30-25)17-5-7-18(8-6-17)31-32-19-9-11-20(12-10-19)33(13-15-34)14-16-35/h1-12,23-24,34-35H,13-16H2,(H,29,30,36). The van der Waals surface area contributed by atoms with E-state index in [0.29, 0.717) is 41.2 Å². The van der Waals surface area contributed by atoms with Gasteiger partial charge in [-0.2, -0.15) is 10.2 Å². The zero-order valence-corrected chi connectivity index (χ0v) is 22.4. The van der Waals surface area contributed by atoms with E-state index in [1.807, 2.05) is 71.6 Å². The highest BCUT2D eigenvalue weighted by atomic mass is 79.9. The molecule has 0 fully saturated rings. The molecule has 2 unspecified atom stereocenters. The number of aromatic nitrogens is 2. The van der Waals surface area contributed by atoms with E-state index >= 15 is 0 Å². The summed E-state index contributed by atoms with van der Waals surface area (Å²) in [6.07, 6.45) is 0. The molecule has 0 aliphatic carbocycles. The summed E-state index contributed by atoms with van der Waals surface area (Å²) in [5, 5.41) is 27.6. The first-order valence-corrected chi connectivity index (χ1v) is 13.2. The minimum absolute atomic E-state index is 0.0131. The van der Waals surface area contributed by atoms with Crippen molar-refractivity contribution in [3.05, 3.63) is 94.5 Å². The Balaban J connectivity index is 1.44. The Labute approximate surface area is 225 Å². The van der Waals surface area contributed by atoms with Crippen LogP contribution in [0.25, 0.3) is 10.9 Å². The van der Waals surface area contributed by atoms with Crippen molar-refractivity contribution >= 4 is 59.8 Å². The minimum atomic E-state index is -0.253. The molecule has 186 valence electrons. The predicted octanol–water partition coefficient (Wildman–Crippen LogP) is 5.70. The third kappa shape index (κ3) is 6.25. The number of anilines is 1.